The Labute approximate surface area is 62.2 Å². The van der Waals surface area contributed by atoms with Crippen LogP contribution >= 0.6 is 11.8 Å². The Balaban J connectivity index is 3.18. The monoisotopic (exact) mass is 148 g/mol. The minimum atomic E-state index is 0.755. The predicted molar refractivity (Wildman–Crippen MR) is 44.0 cm³/mol. The van der Waals surface area contributed by atoms with Crippen molar-refractivity contribution in [1.82, 2.24) is 0 Å². The van der Waals surface area contributed by atoms with Crippen molar-refractivity contribution in [3.63, 3.8) is 0 Å². The van der Waals surface area contributed by atoms with Gasteiger partial charge in [-0.1, -0.05) is 13.3 Å². The first-order chi connectivity index (χ1) is 4.35. The minimum Gasteiger partial charge on any atom is -0.384 e. The first-order valence-corrected chi connectivity index (χ1v) is 4.72. The van der Waals surface area contributed by atoms with Gasteiger partial charge in [0.2, 0.25) is 0 Å². The second kappa shape index (κ2) is 6.43. The van der Waals surface area contributed by atoms with E-state index >= 15 is 0 Å². The number of rotatable bonds is 5. The second-order valence-corrected chi connectivity index (χ2v) is 3.10. The summed E-state index contributed by atoms with van der Waals surface area (Å²) in [7, 11) is 1.77. The van der Waals surface area contributed by atoms with Crippen LogP contribution in [0.5, 0.6) is 0 Å². The van der Waals surface area contributed by atoms with Gasteiger partial charge < -0.3 is 4.74 Å². The van der Waals surface area contributed by atoms with E-state index in [4.69, 9.17) is 4.74 Å². The van der Waals surface area contributed by atoms with Crippen LogP contribution in [0.1, 0.15) is 13.3 Å². The summed E-state index contributed by atoms with van der Waals surface area (Å²) < 4.78 is 5.03. The van der Waals surface area contributed by atoms with Gasteiger partial charge in [-0.15, -0.1) is 0 Å². The summed E-state index contributed by atoms with van der Waals surface area (Å²) in [5.41, 5.74) is 0. The Morgan fingerprint density at radius 1 is 1.56 bits per heavy atom. The third-order valence-corrected chi connectivity index (χ3v) is 2.19. The van der Waals surface area contributed by atoms with Gasteiger partial charge in [-0.05, 0) is 17.9 Å². The van der Waals surface area contributed by atoms with Crippen molar-refractivity contribution in [3.05, 3.63) is 0 Å². The molecule has 0 aromatic carbocycles. The summed E-state index contributed by atoms with van der Waals surface area (Å²) >= 11 is 1.89. The molecule has 0 aromatic rings. The van der Waals surface area contributed by atoms with Gasteiger partial charge >= 0.3 is 0 Å². The molecule has 0 aliphatic carbocycles. The summed E-state index contributed by atoms with van der Waals surface area (Å²) in [6.07, 6.45) is 3.37. The van der Waals surface area contributed by atoms with E-state index in [2.05, 4.69) is 13.2 Å². The summed E-state index contributed by atoms with van der Waals surface area (Å²) in [6.45, 7) is 3.12. The van der Waals surface area contributed by atoms with Crippen LogP contribution in [0, 0.1) is 5.92 Å². The first-order valence-electron chi connectivity index (χ1n) is 3.33. The maximum absolute atomic E-state index is 5.03. The Bertz CT molecular complexity index is 50.9. The van der Waals surface area contributed by atoms with Gasteiger partial charge in [0.25, 0.3) is 0 Å². The first kappa shape index (κ1) is 9.31. The van der Waals surface area contributed by atoms with Gasteiger partial charge in [-0.25, -0.2) is 0 Å². The lowest BCUT2D eigenvalue weighted by Crippen LogP contribution is -2.09. The van der Waals surface area contributed by atoms with Crippen molar-refractivity contribution in [1.29, 1.82) is 0 Å². The van der Waals surface area contributed by atoms with E-state index in [0.717, 1.165) is 12.5 Å². The predicted octanol–water partition coefficient (Wildman–Crippen LogP) is 2.02. The third kappa shape index (κ3) is 4.79. The van der Waals surface area contributed by atoms with Crippen LogP contribution < -0.4 is 0 Å². The molecule has 0 radical (unpaired) electrons. The van der Waals surface area contributed by atoms with Crippen LogP contribution in [0.15, 0.2) is 0 Å². The van der Waals surface area contributed by atoms with Crippen molar-refractivity contribution in [2.24, 2.45) is 5.92 Å². The molecule has 0 amide bonds. The number of methoxy groups -OCH3 is 1. The van der Waals surface area contributed by atoms with Crippen LogP contribution in [0.4, 0.5) is 0 Å². The average Bonchev–Trinajstić information content (AvgIpc) is 1.88. The summed E-state index contributed by atoms with van der Waals surface area (Å²) in [6, 6.07) is 0. The quantitative estimate of drug-likeness (QED) is 0.590. The molecule has 0 heterocycles. The van der Waals surface area contributed by atoms with Crippen LogP contribution in [0.25, 0.3) is 0 Å². The molecule has 0 aliphatic rings. The van der Waals surface area contributed by atoms with Crippen LogP contribution in [-0.2, 0) is 4.74 Å². The molecule has 0 N–H and O–H groups in total. The zero-order valence-electron chi connectivity index (χ0n) is 6.52. The van der Waals surface area contributed by atoms with Crippen molar-refractivity contribution in [2.75, 3.05) is 25.7 Å². The standard InChI is InChI=1S/C7H16OS/c1-4-7(5-8-2)6-9-3/h7H,4-6H2,1-3H3. The SMILES string of the molecule is CCC(COC)CSC. The summed E-state index contributed by atoms with van der Waals surface area (Å²) in [5.74, 6) is 1.98. The normalized spacial score (nSPS) is 13.7. The summed E-state index contributed by atoms with van der Waals surface area (Å²) in [4.78, 5) is 0. The highest BCUT2D eigenvalue weighted by Crippen LogP contribution is 2.08. The Morgan fingerprint density at radius 3 is 2.56 bits per heavy atom. The Kier molecular flexibility index (Phi) is 6.65. The largest absolute Gasteiger partial charge is 0.384 e. The van der Waals surface area contributed by atoms with E-state index < -0.39 is 0 Å². The fourth-order valence-electron chi connectivity index (χ4n) is 0.755. The lowest BCUT2D eigenvalue weighted by molar-refractivity contribution is 0.160. The van der Waals surface area contributed by atoms with E-state index in [1.54, 1.807) is 7.11 Å². The molecule has 2 heteroatoms. The molecule has 56 valence electrons. The van der Waals surface area contributed by atoms with Gasteiger partial charge in [0.15, 0.2) is 0 Å². The lowest BCUT2D eigenvalue weighted by Gasteiger charge is -2.10. The molecule has 1 nitrogen and oxygen atoms in total. The topological polar surface area (TPSA) is 9.23 Å². The number of hydrogen-bond donors (Lipinski definition) is 0. The highest BCUT2D eigenvalue weighted by atomic mass is 32.2. The van der Waals surface area contributed by atoms with Crippen molar-refractivity contribution in [2.45, 2.75) is 13.3 Å². The fourth-order valence-corrected chi connectivity index (χ4v) is 1.56. The van der Waals surface area contributed by atoms with Crippen LogP contribution in [0.2, 0.25) is 0 Å². The molecule has 0 rings (SSSR count). The molecule has 0 bridgehead atoms. The van der Waals surface area contributed by atoms with E-state index in [1.807, 2.05) is 11.8 Å². The minimum absolute atomic E-state index is 0.755. The highest BCUT2D eigenvalue weighted by Gasteiger charge is 2.02. The molecule has 1 atom stereocenters. The van der Waals surface area contributed by atoms with E-state index in [9.17, 15) is 0 Å². The molecule has 0 aromatic heterocycles. The molecule has 0 aliphatic heterocycles. The molecular formula is C7H16OS. The lowest BCUT2D eigenvalue weighted by atomic mass is 10.1. The fraction of sp³-hybridized carbons (Fsp3) is 1.00. The third-order valence-electron chi connectivity index (χ3n) is 1.38. The Hall–Kier alpha value is 0.310. The van der Waals surface area contributed by atoms with Gasteiger partial charge in [0.1, 0.15) is 0 Å². The van der Waals surface area contributed by atoms with Crippen molar-refractivity contribution in [3.8, 4) is 0 Å². The number of hydrogen-bond acceptors (Lipinski definition) is 2. The molecule has 9 heavy (non-hydrogen) atoms. The molecule has 0 saturated heterocycles. The van der Waals surface area contributed by atoms with E-state index in [0.29, 0.717) is 0 Å². The van der Waals surface area contributed by atoms with Gasteiger partial charge in [0.05, 0.1) is 0 Å². The number of ether oxygens (including phenoxy) is 1. The van der Waals surface area contributed by atoms with Crippen LogP contribution in [0.3, 0.4) is 0 Å². The number of thioether (sulfide) groups is 1. The molecule has 0 spiro atoms. The zero-order chi connectivity index (χ0) is 7.11. The van der Waals surface area contributed by atoms with Gasteiger partial charge in [-0.3, -0.25) is 0 Å². The molecule has 1 unspecified atom stereocenters. The van der Waals surface area contributed by atoms with Crippen molar-refractivity contribution >= 4 is 11.8 Å². The van der Waals surface area contributed by atoms with Crippen molar-refractivity contribution < 1.29 is 4.74 Å². The van der Waals surface area contributed by atoms with Gasteiger partial charge in [0, 0.05) is 13.7 Å². The maximum atomic E-state index is 5.03. The second-order valence-electron chi connectivity index (χ2n) is 2.18. The highest BCUT2D eigenvalue weighted by molar-refractivity contribution is 7.98. The smallest absolute Gasteiger partial charge is 0.0498 e. The maximum Gasteiger partial charge on any atom is 0.0498 e. The Morgan fingerprint density at radius 2 is 2.22 bits per heavy atom. The van der Waals surface area contributed by atoms with Gasteiger partial charge in [-0.2, -0.15) is 11.8 Å². The molecule has 0 fully saturated rings. The summed E-state index contributed by atoms with van der Waals surface area (Å²) in [5, 5.41) is 0. The average molecular weight is 148 g/mol. The van der Waals surface area contributed by atoms with E-state index in [-0.39, 0.29) is 0 Å². The molecular weight excluding hydrogens is 132 g/mol. The van der Waals surface area contributed by atoms with E-state index in [1.165, 1.54) is 12.2 Å². The molecule has 0 saturated carbocycles. The van der Waals surface area contributed by atoms with Crippen LogP contribution in [-0.4, -0.2) is 25.7 Å². The zero-order valence-corrected chi connectivity index (χ0v) is 7.33.